The molecule has 0 bridgehead atoms. The normalized spacial score (nSPS) is 21.9. The third kappa shape index (κ3) is 4.47. The van der Waals surface area contributed by atoms with Crippen LogP contribution in [0.25, 0.3) is 0 Å². The predicted molar refractivity (Wildman–Crippen MR) is 92.1 cm³/mol. The van der Waals surface area contributed by atoms with Gasteiger partial charge in [0.2, 0.25) is 0 Å². The van der Waals surface area contributed by atoms with Gasteiger partial charge >= 0.3 is 6.03 Å². The number of hydrogen-bond acceptors (Lipinski definition) is 2. The van der Waals surface area contributed by atoms with Gasteiger partial charge in [0.25, 0.3) is 0 Å². The van der Waals surface area contributed by atoms with Crippen LogP contribution in [0.5, 0.6) is 0 Å². The van der Waals surface area contributed by atoms with Gasteiger partial charge in [-0.15, -0.1) is 0 Å². The zero-order valence-electron chi connectivity index (χ0n) is 13.8. The van der Waals surface area contributed by atoms with Gasteiger partial charge < -0.3 is 11.1 Å². The summed E-state index contributed by atoms with van der Waals surface area (Å²) in [6.45, 7) is 5.72. The van der Waals surface area contributed by atoms with E-state index in [2.05, 4.69) is 30.1 Å². The summed E-state index contributed by atoms with van der Waals surface area (Å²) in [5.74, 6) is 0. The number of amides is 2. The molecule has 122 valence electrons. The summed E-state index contributed by atoms with van der Waals surface area (Å²) in [5.41, 5.74) is 7.25. The number of primary amides is 1. The van der Waals surface area contributed by atoms with E-state index in [0.717, 1.165) is 18.2 Å². The highest BCUT2D eigenvalue weighted by Gasteiger charge is 2.31. The molecule has 22 heavy (non-hydrogen) atoms. The van der Waals surface area contributed by atoms with Crippen molar-refractivity contribution in [2.24, 2.45) is 5.73 Å². The van der Waals surface area contributed by atoms with Gasteiger partial charge in [0.15, 0.2) is 0 Å². The Morgan fingerprint density at radius 2 is 2.05 bits per heavy atom. The minimum Gasteiger partial charge on any atom is -0.351 e. The average molecular weight is 303 g/mol. The van der Waals surface area contributed by atoms with E-state index in [0.29, 0.717) is 6.04 Å². The van der Waals surface area contributed by atoms with Crippen molar-refractivity contribution in [3.8, 4) is 0 Å². The quantitative estimate of drug-likeness (QED) is 0.805. The van der Waals surface area contributed by atoms with Gasteiger partial charge in [-0.2, -0.15) is 0 Å². The highest BCUT2D eigenvalue weighted by atomic mass is 16.2. The largest absolute Gasteiger partial charge is 0.351 e. The van der Waals surface area contributed by atoms with Crippen LogP contribution in [0.1, 0.15) is 51.5 Å². The highest BCUT2D eigenvalue weighted by Crippen LogP contribution is 2.30. The van der Waals surface area contributed by atoms with Gasteiger partial charge in [-0.1, -0.05) is 32.4 Å². The summed E-state index contributed by atoms with van der Waals surface area (Å²) in [6, 6.07) is 8.93. The minimum absolute atomic E-state index is 0.506. The second-order valence-corrected chi connectivity index (χ2v) is 6.31. The lowest BCUT2D eigenvalue weighted by Gasteiger charge is -2.30. The number of nitrogens with one attached hydrogen (secondary N) is 1. The van der Waals surface area contributed by atoms with E-state index in [-0.39, 0.29) is 0 Å². The summed E-state index contributed by atoms with van der Waals surface area (Å²) >= 11 is 0. The average Bonchev–Trinajstić information content (AvgIpc) is 2.82. The van der Waals surface area contributed by atoms with Crippen molar-refractivity contribution in [3.63, 3.8) is 0 Å². The molecule has 0 unspecified atom stereocenters. The monoisotopic (exact) mass is 303 g/mol. The van der Waals surface area contributed by atoms with Crippen molar-refractivity contribution in [2.75, 3.05) is 11.9 Å². The van der Waals surface area contributed by atoms with Crippen LogP contribution in [0.15, 0.2) is 24.3 Å². The van der Waals surface area contributed by atoms with Gasteiger partial charge in [0.1, 0.15) is 0 Å². The van der Waals surface area contributed by atoms with Gasteiger partial charge in [-0.05, 0) is 56.3 Å². The second kappa shape index (κ2) is 8.18. The van der Waals surface area contributed by atoms with E-state index in [1.165, 1.54) is 44.2 Å². The van der Waals surface area contributed by atoms with Crippen LogP contribution < -0.4 is 11.1 Å². The molecule has 1 saturated heterocycles. The molecule has 0 aromatic heterocycles. The van der Waals surface area contributed by atoms with Crippen LogP contribution in [0.2, 0.25) is 0 Å². The third-order valence-corrected chi connectivity index (χ3v) is 4.54. The molecule has 1 heterocycles. The van der Waals surface area contributed by atoms with Gasteiger partial charge in [0, 0.05) is 17.8 Å². The Morgan fingerprint density at radius 3 is 2.73 bits per heavy atom. The van der Waals surface area contributed by atoms with Crippen molar-refractivity contribution in [1.82, 2.24) is 4.90 Å². The zero-order valence-corrected chi connectivity index (χ0v) is 13.8. The highest BCUT2D eigenvalue weighted by molar-refractivity contribution is 5.87. The lowest BCUT2D eigenvalue weighted by Crippen LogP contribution is -2.37. The number of anilines is 1. The summed E-state index contributed by atoms with van der Waals surface area (Å²) < 4.78 is 0. The number of urea groups is 1. The van der Waals surface area contributed by atoms with Crippen molar-refractivity contribution in [2.45, 2.75) is 64.5 Å². The fourth-order valence-corrected chi connectivity index (χ4v) is 3.69. The molecule has 1 aromatic carbocycles. The molecule has 1 aromatic rings. The lowest BCUT2D eigenvalue weighted by atomic mass is 10.0. The van der Waals surface area contributed by atoms with Crippen molar-refractivity contribution in [3.05, 3.63) is 29.8 Å². The molecule has 4 heteroatoms. The molecule has 1 aliphatic heterocycles. The molecule has 0 aliphatic carbocycles. The smallest absolute Gasteiger partial charge is 0.316 e. The maximum absolute atomic E-state index is 11.0. The van der Waals surface area contributed by atoms with E-state index in [4.69, 9.17) is 5.73 Å². The first-order chi connectivity index (χ1) is 10.6. The van der Waals surface area contributed by atoms with Crippen LogP contribution in [0, 0.1) is 0 Å². The van der Waals surface area contributed by atoms with Crippen LogP contribution in [-0.2, 0) is 6.42 Å². The summed E-state index contributed by atoms with van der Waals surface area (Å²) in [5, 5.41) is 2.66. The minimum atomic E-state index is -0.506. The SMILES string of the molecule is CCC[C@@H]1CC[C@H](Cc2cccc(NC(N)=O)c2)N1CCC. The number of carbonyl (C=O) groups excluding carboxylic acids is 1. The molecule has 3 N–H and O–H groups in total. The third-order valence-electron chi connectivity index (χ3n) is 4.54. The molecule has 2 amide bonds. The van der Waals surface area contributed by atoms with E-state index >= 15 is 0 Å². The number of rotatable bonds is 7. The van der Waals surface area contributed by atoms with E-state index in [1.54, 1.807) is 0 Å². The Hall–Kier alpha value is -1.55. The number of nitrogens with two attached hydrogens (primary N) is 1. The predicted octanol–water partition coefficient (Wildman–Crippen LogP) is 3.76. The number of carbonyl (C=O) groups is 1. The van der Waals surface area contributed by atoms with Crippen LogP contribution in [0.3, 0.4) is 0 Å². The molecule has 0 radical (unpaired) electrons. The molecule has 1 aliphatic rings. The Balaban J connectivity index is 2.04. The molecule has 4 nitrogen and oxygen atoms in total. The number of likely N-dealkylation sites (tertiary alicyclic amines) is 1. The maximum atomic E-state index is 11.0. The summed E-state index contributed by atoms with van der Waals surface area (Å²) in [4.78, 5) is 13.7. The van der Waals surface area contributed by atoms with E-state index in [1.807, 2.05) is 18.2 Å². The Kier molecular flexibility index (Phi) is 6.25. The maximum Gasteiger partial charge on any atom is 0.316 e. The first-order valence-electron chi connectivity index (χ1n) is 8.55. The number of hydrogen-bond donors (Lipinski definition) is 2. The van der Waals surface area contributed by atoms with Crippen LogP contribution in [0.4, 0.5) is 10.5 Å². The first-order valence-corrected chi connectivity index (χ1v) is 8.55. The first kappa shape index (κ1) is 16.8. The van der Waals surface area contributed by atoms with Gasteiger partial charge in [0.05, 0.1) is 0 Å². The molecule has 0 spiro atoms. The molecule has 1 fully saturated rings. The van der Waals surface area contributed by atoms with Crippen molar-refractivity contribution in [1.29, 1.82) is 0 Å². The fraction of sp³-hybridized carbons (Fsp3) is 0.611. The Morgan fingerprint density at radius 1 is 1.27 bits per heavy atom. The van der Waals surface area contributed by atoms with Crippen molar-refractivity contribution >= 4 is 11.7 Å². The van der Waals surface area contributed by atoms with Crippen molar-refractivity contribution < 1.29 is 4.79 Å². The van der Waals surface area contributed by atoms with Crippen LogP contribution in [-0.4, -0.2) is 29.6 Å². The zero-order chi connectivity index (χ0) is 15.9. The molecule has 2 atom stereocenters. The lowest BCUT2D eigenvalue weighted by molar-refractivity contribution is 0.183. The van der Waals surface area contributed by atoms with Gasteiger partial charge in [-0.3, -0.25) is 4.90 Å². The van der Waals surface area contributed by atoms with E-state index in [9.17, 15) is 4.79 Å². The molecule has 0 saturated carbocycles. The summed E-state index contributed by atoms with van der Waals surface area (Å²) in [6.07, 6.45) is 7.42. The molecule has 2 rings (SSSR count). The summed E-state index contributed by atoms with van der Waals surface area (Å²) in [7, 11) is 0. The van der Waals surface area contributed by atoms with Gasteiger partial charge in [-0.25, -0.2) is 4.79 Å². The number of nitrogens with zero attached hydrogens (tertiary/aromatic N) is 1. The number of benzene rings is 1. The second-order valence-electron chi connectivity index (χ2n) is 6.31. The standard InChI is InChI=1S/C18H29N3O/c1-3-6-16-9-10-17(21(16)11-4-2)13-14-7-5-8-15(12-14)20-18(19)22/h5,7-8,12,16-17H,3-4,6,9-11,13H2,1-2H3,(H3,19,20,22)/t16-,17-/m1/s1. The molecular formula is C18H29N3O. The Bertz CT molecular complexity index is 489. The molecular weight excluding hydrogens is 274 g/mol. The van der Waals surface area contributed by atoms with Crippen LogP contribution >= 0.6 is 0 Å². The topological polar surface area (TPSA) is 58.4 Å². The van der Waals surface area contributed by atoms with E-state index < -0.39 is 6.03 Å². The fourth-order valence-electron chi connectivity index (χ4n) is 3.69. The Labute approximate surface area is 134 Å².